The van der Waals surface area contributed by atoms with E-state index >= 15 is 0 Å². The van der Waals surface area contributed by atoms with E-state index < -0.39 is 5.97 Å². The molecule has 0 saturated carbocycles. The second-order valence-corrected chi connectivity index (χ2v) is 5.04. The molecule has 0 saturated heterocycles. The predicted molar refractivity (Wildman–Crippen MR) is 80.9 cm³/mol. The lowest BCUT2D eigenvalue weighted by Crippen LogP contribution is -2.31. The minimum absolute atomic E-state index is 0.126. The van der Waals surface area contributed by atoms with Crippen molar-refractivity contribution in [1.29, 1.82) is 0 Å². The standard InChI is InChI=1S/C17H14N2O4/c20-15-13-6-1-2-7-14(13)16(21)19(15)9-4-10-23-17(22)12-5-3-8-18-11-12/h1-3,5-8,11H,4,9-10H2. The Balaban J connectivity index is 1.52. The SMILES string of the molecule is O=C(OCCCN1C(=O)c2ccccc2C1=O)c1cccnc1. The first-order valence-electron chi connectivity index (χ1n) is 7.21. The monoisotopic (exact) mass is 310 g/mol. The molecule has 6 heteroatoms. The molecule has 0 aliphatic carbocycles. The van der Waals surface area contributed by atoms with Crippen molar-refractivity contribution >= 4 is 17.8 Å². The molecule has 0 unspecified atom stereocenters. The van der Waals surface area contributed by atoms with Crippen LogP contribution in [0, 0.1) is 0 Å². The van der Waals surface area contributed by atoms with E-state index in [1.165, 1.54) is 11.1 Å². The molecule has 1 aromatic carbocycles. The van der Waals surface area contributed by atoms with Gasteiger partial charge in [-0.15, -0.1) is 0 Å². The summed E-state index contributed by atoms with van der Waals surface area (Å²) >= 11 is 0. The Morgan fingerprint density at radius 1 is 1.04 bits per heavy atom. The zero-order chi connectivity index (χ0) is 16.2. The molecule has 0 bridgehead atoms. The number of hydrogen-bond acceptors (Lipinski definition) is 5. The molecule has 0 atom stereocenters. The molecular weight excluding hydrogens is 296 g/mol. The molecule has 0 fully saturated rings. The highest BCUT2D eigenvalue weighted by Gasteiger charge is 2.34. The van der Waals surface area contributed by atoms with E-state index in [1.54, 1.807) is 42.6 Å². The fourth-order valence-corrected chi connectivity index (χ4v) is 2.40. The van der Waals surface area contributed by atoms with Crippen LogP contribution in [0.4, 0.5) is 0 Å². The van der Waals surface area contributed by atoms with E-state index in [0.29, 0.717) is 23.1 Å². The molecule has 2 heterocycles. The Bertz CT molecular complexity index is 723. The van der Waals surface area contributed by atoms with Crippen molar-refractivity contribution in [2.45, 2.75) is 6.42 Å². The second kappa shape index (κ2) is 6.39. The molecule has 2 amide bonds. The summed E-state index contributed by atoms with van der Waals surface area (Å²) in [6.07, 6.45) is 3.38. The summed E-state index contributed by atoms with van der Waals surface area (Å²) in [7, 11) is 0. The molecule has 1 aliphatic rings. The summed E-state index contributed by atoms with van der Waals surface area (Å²) in [5, 5.41) is 0. The molecule has 0 spiro atoms. The summed E-state index contributed by atoms with van der Waals surface area (Å²) in [6.45, 7) is 0.341. The predicted octanol–water partition coefficient (Wildman–Crippen LogP) is 1.92. The molecule has 0 N–H and O–H groups in total. The zero-order valence-corrected chi connectivity index (χ0v) is 12.3. The van der Waals surface area contributed by atoms with E-state index in [2.05, 4.69) is 4.98 Å². The number of ether oxygens (including phenoxy) is 1. The normalized spacial score (nSPS) is 13.1. The van der Waals surface area contributed by atoms with Crippen LogP contribution in [0.5, 0.6) is 0 Å². The first kappa shape index (κ1) is 14.9. The van der Waals surface area contributed by atoms with Gasteiger partial charge in [0.15, 0.2) is 0 Å². The third-order valence-electron chi connectivity index (χ3n) is 3.53. The van der Waals surface area contributed by atoms with Crippen molar-refractivity contribution in [1.82, 2.24) is 9.88 Å². The number of carbonyl (C=O) groups excluding carboxylic acids is 3. The molecule has 2 aromatic rings. The average Bonchev–Trinajstić information content (AvgIpc) is 2.84. The van der Waals surface area contributed by atoms with Gasteiger partial charge in [-0.25, -0.2) is 4.79 Å². The number of pyridine rings is 1. The van der Waals surface area contributed by atoms with Gasteiger partial charge < -0.3 is 4.74 Å². The van der Waals surface area contributed by atoms with Crippen molar-refractivity contribution in [3.8, 4) is 0 Å². The number of amides is 2. The fourth-order valence-electron chi connectivity index (χ4n) is 2.40. The van der Waals surface area contributed by atoms with Crippen molar-refractivity contribution in [2.75, 3.05) is 13.2 Å². The maximum absolute atomic E-state index is 12.1. The minimum Gasteiger partial charge on any atom is -0.462 e. The maximum Gasteiger partial charge on any atom is 0.339 e. The Labute approximate surface area is 132 Å². The number of aromatic nitrogens is 1. The Morgan fingerprint density at radius 3 is 2.35 bits per heavy atom. The first-order chi connectivity index (χ1) is 11.2. The second-order valence-electron chi connectivity index (χ2n) is 5.04. The lowest BCUT2D eigenvalue weighted by Gasteiger charge is -2.13. The Morgan fingerprint density at radius 2 is 1.74 bits per heavy atom. The molecule has 3 rings (SSSR count). The number of benzene rings is 1. The molecule has 116 valence electrons. The third kappa shape index (κ3) is 2.96. The number of carbonyl (C=O) groups is 3. The summed E-state index contributed by atoms with van der Waals surface area (Å²) in [5.74, 6) is -1.08. The van der Waals surface area contributed by atoms with Gasteiger partial charge in [0.25, 0.3) is 11.8 Å². The smallest absolute Gasteiger partial charge is 0.339 e. The van der Waals surface area contributed by atoms with Crippen LogP contribution in [-0.2, 0) is 4.74 Å². The van der Waals surface area contributed by atoms with Crippen LogP contribution in [0.1, 0.15) is 37.5 Å². The summed E-state index contributed by atoms with van der Waals surface area (Å²) in [5.41, 5.74) is 1.21. The highest BCUT2D eigenvalue weighted by molar-refractivity contribution is 6.21. The van der Waals surface area contributed by atoms with Crippen molar-refractivity contribution in [3.05, 3.63) is 65.5 Å². The van der Waals surface area contributed by atoms with E-state index in [0.717, 1.165) is 0 Å². The highest BCUT2D eigenvalue weighted by atomic mass is 16.5. The number of esters is 1. The van der Waals surface area contributed by atoms with E-state index in [-0.39, 0.29) is 25.0 Å². The average molecular weight is 310 g/mol. The Hall–Kier alpha value is -3.02. The van der Waals surface area contributed by atoms with E-state index in [9.17, 15) is 14.4 Å². The molecule has 1 aromatic heterocycles. The van der Waals surface area contributed by atoms with Gasteiger partial charge in [0.2, 0.25) is 0 Å². The number of fused-ring (bicyclic) bond motifs is 1. The molecule has 0 radical (unpaired) electrons. The quantitative estimate of drug-likeness (QED) is 0.479. The van der Waals surface area contributed by atoms with Gasteiger partial charge in [0.1, 0.15) is 0 Å². The van der Waals surface area contributed by atoms with Crippen LogP contribution in [0.3, 0.4) is 0 Å². The Kier molecular flexibility index (Phi) is 4.14. The van der Waals surface area contributed by atoms with E-state index in [4.69, 9.17) is 4.74 Å². The molecular formula is C17H14N2O4. The van der Waals surface area contributed by atoms with Gasteiger partial charge in [-0.1, -0.05) is 12.1 Å². The number of imide groups is 1. The number of hydrogen-bond donors (Lipinski definition) is 0. The molecule has 6 nitrogen and oxygen atoms in total. The first-order valence-corrected chi connectivity index (χ1v) is 7.21. The van der Waals surface area contributed by atoms with Crippen LogP contribution in [0.25, 0.3) is 0 Å². The largest absolute Gasteiger partial charge is 0.462 e. The lowest BCUT2D eigenvalue weighted by molar-refractivity contribution is 0.0482. The number of rotatable bonds is 5. The number of nitrogens with zero attached hydrogens (tertiary/aromatic N) is 2. The summed E-state index contributed by atoms with van der Waals surface area (Å²) in [6, 6.07) is 9.98. The van der Waals surface area contributed by atoms with Crippen molar-refractivity contribution in [3.63, 3.8) is 0 Å². The van der Waals surface area contributed by atoms with Gasteiger partial charge in [0, 0.05) is 18.9 Å². The molecule has 23 heavy (non-hydrogen) atoms. The van der Waals surface area contributed by atoms with Crippen LogP contribution in [-0.4, -0.2) is 40.8 Å². The topological polar surface area (TPSA) is 76.6 Å². The van der Waals surface area contributed by atoms with E-state index in [1.807, 2.05) is 0 Å². The summed E-state index contributed by atoms with van der Waals surface area (Å²) in [4.78, 5) is 41.1. The van der Waals surface area contributed by atoms with Crippen molar-refractivity contribution < 1.29 is 19.1 Å². The van der Waals surface area contributed by atoms with Crippen LogP contribution in [0.2, 0.25) is 0 Å². The van der Waals surface area contributed by atoms with Crippen LogP contribution < -0.4 is 0 Å². The molecule has 1 aliphatic heterocycles. The lowest BCUT2D eigenvalue weighted by atomic mass is 10.1. The van der Waals surface area contributed by atoms with Gasteiger partial charge >= 0.3 is 5.97 Å². The fraction of sp³-hybridized carbons (Fsp3) is 0.176. The van der Waals surface area contributed by atoms with Crippen LogP contribution >= 0.6 is 0 Å². The minimum atomic E-state index is -0.472. The van der Waals surface area contributed by atoms with Gasteiger partial charge in [-0.05, 0) is 30.7 Å². The van der Waals surface area contributed by atoms with Gasteiger partial charge in [-0.2, -0.15) is 0 Å². The van der Waals surface area contributed by atoms with Gasteiger partial charge in [-0.3, -0.25) is 19.5 Å². The summed E-state index contributed by atoms with van der Waals surface area (Å²) < 4.78 is 5.11. The van der Waals surface area contributed by atoms with Crippen LogP contribution in [0.15, 0.2) is 48.8 Å². The maximum atomic E-state index is 12.1. The van der Waals surface area contributed by atoms with Crippen molar-refractivity contribution in [2.24, 2.45) is 0 Å². The zero-order valence-electron chi connectivity index (χ0n) is 12.3. The van der Waals surface area contributed by atoms with Gasteiger partial charge in [0.05, 0.1) is 23.3 Å². The highest BCUT2D eigenvalue weighted by Crippen LogP contribution is 2.22. The third-order valence-corrected chi connectivity index (χ3v) is 3.53.